The molecule has 0 amide bonds. The molecule has 1 atom stereocenters. The van der Waals surface area contributed by atoms with Crippen molar-refractivity contribution in [1.29, 1.82) is 0 Å². The van der Waals surface area contributed by atoms with Crippen molar-refractivity contribution in [2.45, 2.75) is 59.9 Å². The molecule has 0 radical (unpaired) electrons. The van der Waals surface area contributed by atoms with E-state index in [1.165, 1.54) is 0 Å². The highest BCUT2D eigenvalue weighted by Gasteiger charge is 2.22. The summed E-state index contributed by atoms with van der Waals surface area (Å²) in [6, 6.07) is 4.30. The van der Waals surface area contributed by atoms with Crippen LogP contribution >= 0.6 is 0 Å². The summed E-state index contributed by atoms with van der Waals surface area (Å²) in [7, 11) is 3.78. The predicted molar refractivity (Wildman–Crippen MR) is 121 cm³/mol. The van der Waals surface area contributed by atoms with Gasteiger partial charge in [-0.15, -0.1) is 0 Å². The zero-order valence-corrected chi connectivity index (χ0v) is 19.5. The normalized spacial score (nSPS) is 12.9. The zero-order valence-electron chi connectivity index (χ0n) is 19.5. The van der Waals surface area contributed by atoms with E-state index in [0.29, 0.717) is 11.8 Å². The number of hydrogen-bond donors (Lipinski definition) is 0. The van der Waals surface area contributed by atoms with Crippen LogP contribution in [0, 0.1) is 6.92 Å². The summed E-state index contributed by atoms with van der Waals surface area (Å²) >= 11 is 0. The van der Waals surface area contributed by atoms with Gasteiger partial charge >= 0.3 is 0 Å². The molecule has 0 aliphatic carbocycles. The summed E-state index contributed by atoms with van der Waals surface area (Å²) in [4.78, 5) is 17.0. The van der Waals surface area contributed by atoms with Crippen LogP contribution in [0.4, 0.5) is 0 Å². The van der Waals surface area contributed by atoms with Crippen molar-refractivity contribution in [1.82, 2.24) is 29.6 Å². The highest BCUT2D eigenvalue weighted by atomic mass is 16.5. The second kappa shape index (κ2) is 9.08. The van der Waals surface area contributed by atoms with Crippen molar-refractivity contribution in [3.05, 3.63) is 29.2 Å². The van der Waals surface area contributed by atoms with Gasteiger partial charge in [0.1, 0.15) is 5.52 Å². The van der Waals surface area contributed by atoms with Gasteiger partial charge in [0, 0.05) is 12.2 Å². The lowest BCUT2D eigenvalue weighted by Gasteiger charge is -2.20. The molecule has 7 nitrogen and oxygen atoms in total. The fourth-order valence-electron chi connectivity index (χ4n) is 3.66. The summed E-state index contributed by atoms with van der Waals surface area (Å²) in [5.74, 6) is 0.919. The Hall–Kier alpha value is -2.54. The van der Waals surface area contributed by atoms with Gasteiger partial charge in [0.25, 0.3) is 0 Å². The molecule has 162 valence electrons. The monoisotopic (exact) mass is 410 g/mol. The van der Waals surface area contributed by atoms with Gasteiger partial charge in [-0.1, -0.05) is 27.7 Å². The van der Waals surface area contributed by atoms with Crippen molar-refractivity contribution >= 4 is 11.2 Å². The number of rotatable bonds is 8. The van der Waals surface area contributed by atoms with Crippen LogP contribution in [-0.4, -0.2) is 56.9 Å². The molecule has 0 N–H and O–H groups in total. The van der Waals surface area contributed by atoms with E-state index in [1.54, 1.807) is 7.11 Å². The maximum Gasteiger partial charge on any atom is 0.222 e. The lowest BCUT2D eigenvalue weighted by atomic mass is 10.1. The smallest absolute Gasteiger partial charge is 0.222 e. The number of methoxy groups -OCH3 is 1. The number of likely N-dealkylation sites (N-methyl/N-ethyl adjacent to an activating group) is 1. The SMILES string of the molecule is CCc1nc2c(nc1-c1ccc(C(C)C)nc1OC)c(C)nn2C(C)CN(C)CC. The molecule has 0 saturated carbocycles. The third kappa shape index (κ3) is 4.17. The quantitative estimate of drug-likeness (QED) is 0.548. The van der Waals surface area contributed by atoms with Crippen LogP contribution in [0.25, 0.3) is 22.4 Å². The van der Waals surface area contributed by atoms with Gasteiger partial charge in [0.15, 0.2) is 5.65 Å². The van der Waals surface area contributed by atoms with Crippen molar-refractivity contribution in [3.63, 3.8) is 0 Å². The van der Waals surface area contributed by atoms with Crippen molar-refractivity contribution < 1.29 is 4.74 Å². The maximum absolute atomic E-state index is 5.63. The minimum atomic E-state index is 0.206. The van der Waals surface area contributed by atoms with E-state index >= 15 is 0 Å². The highest BCUT2D eigenvalue weighted by molar-refractivity contribution is 5.79. The molecule has 3 aromatic heterocycles. The van der Waals surface area contributed by atoms with Crippen LogP contribution in [-0.2, 0) is 6.42 Å². The number of pyridine rings is 1. The third-order valence-electron chi connectivity index (χ3n) is 5.56. The Balaban J connectivity index is 2.15. The topological polar surface area (TPSA) is 69.0 Å². The number of aryl methyl sites for hydroxylation is 2. The lowest BCUT2D eigenvalue weighted by Crippen LogP contribution is -2.26. The van der Waals surface area contributed by atoms with E-state index < -0.39 is 0 Å². The molecular formula is C23H34N6O. The summed E-state index contributed by atoms with van der Waals surface area (Å²) in [6.07, 6.45) is 0.765. The molecule has 0 saturated heterocycles. The van der Waals surface area contributed by atoms with Gasteiger partial charge < -0.3 is 9.64 Å². The Kier molecular flexibility index (Phi) is 6.71. The number of hydrogen-bond acceptors (Lipinski definition) is 6. The molecule has 0 spiro atoms. The molecule has 7 heteroatoms. The Morgan fingerprint density at radius 2 is 1.83 bits per heavy atom. The van der Waals surface area contributed by atoms with Crippen molar-refractivity contribution in [2.24, 2.45) is 0 Å². The Bertz CT molecular complexity index is 1030. The van der Waals surface area contributed by atoms with Crippen LogP contribution in [0.1, 0.15) is 63.7 Å². The molecule has 0 aliphatic heterocycles. The Labute approximate surface area is 179 Å². The first-order valence-corrected chi connectivity index (χ1v) is 10.8. The maximum atomic E-state index is 5.63. The first-order chi connectivity index (χ1) is 14.3. The first-order valence-electron chi connectivity index (χ1n) is 10.8. The van der Waals surface area contributed by atoms with Crippen LogP contribution in [0.2, 0.25) is 0 Å². The lowest BCUT2D eigenvalue weighted by molar-refractivity contribution is 0.290. The van der Waals surface area contributed by atoms with E-state index in [0.717, 1.165) is 59.0 Å². The van der Waals surface area contributed by atoms with Gasteiger partial charge in [-0.25, -0.2) is 19.6 Å². The van der Waals surface area contributed by atoms with Gasteiger partial charge in [-0.05, 0) is 51.9 Å². The number of fused-ring (bicyclic) bond motifs is 1. The largest absolute Gasteiger partial charge is 0.480 e. The minimum absolute atomic E-state index is 0.206. The molecule has 30 heavy (non-hydrogen) atoms. The van der Waals surface area contributed by atoms with Crippen LogP contribution < -0.4 is 4.74 Å². The number of nitrogens with zero attached hydrogens (tertiary/aromatic N) is 6. The molecule has 0 aromatic carbocycles. The first kappa shape index (κ1) is 22.2. The number of ether oxygens (including phenoxy) is 1. The molecule has 3 heterocycles. The fraction of sp³-hybridized carbons (Fsp3) is 0.565. The predicted octanol–water partition coefficient (Wildman–Crippen LogP) is 4.40. The van der Waals surface area contributed by atoms with Crippen LogP contribution in [0.3, 0.4) is 0 Å². The average Bonchev–Trinajstić information content (AvgIpc) is 3.07. The standard InChI is InChI=1S/C23H34N6O/c1-9-18-21(17-11-12-19(14(3)4)25-23(17)30-8)26-20-16(6)27-29(22(20)24-18)15(5)13-28(7)10-2/h11-12,14-15H,9-10,13H2,1-8H3. The van der Waals surface area contributed by atoms with E-state index in [1.807, 2.05) is 17.7 Å². The molecule has 1 unspecified atom stereocenters. The van der Waals surface area contributed by atoms with E-state index in [-0.39, 0.29) is 6.04 Å². The van der Waals surface area contributed by atoms with E-state index in [2.05, 4.69) is 52.6 Å². The minimum Gasteiger partial charge on any atom is -0.480 e. The second-order valence-corrected chi connectivity index (χ2v) is 8.23. The number of aromatic nitrogens is 5. The Morgan fingerprint density at radius 3 is 2.43 bits per heavy atom. The molecule has 0 fully saturated rings. The zero-order chi connectivity index (χ0) is 22.0. The van der Waals surface area contributed by atoms with Gasteiger partial charge in [-0.3, -0.25) is 0 Å². The Morgan fingerprint density at radius 1 is 1.10 bits per heavy atom. The molecule has 3 aromatic rings. The molecule has 0 bridgehead atoms. The highest BCUT2D eigenvalue weighted by Crippen LogP contribution is 2.33. The third-order valence-corrected chi connectivity index (χ3v) is 5.56. The summed E-state index contributed by atoms with van der Waals surface area (Å²) in [5.41, 5.74) is 6.19. The van der Waals surface area contributed by atoms with Crippen LogP contribution in [0.15, 0.2) is 12.1 Å². The molecule has 0 aliphatic rings. The summed E-state index contributed by atoms with van der Waals surface area (Å²) < 4.78 is 7.64. The van der Waals surface area contributed by atoms with Gasteiger partial charge in [0.2, 0.25) is 5.88 Å². The molecule has 3 rings (SSSR count). The molecular weight excluding hydrogens is 376 g/mol. The summed E-state index contributed by atoms with van der Waals surface area (Å²) in [6.45, 7) is 14.6. The van der Waals surface area contributed by atoms with E-state index in [4.69, 9.17) is 24.8 Å². The summed E-state index contributed by atoms with van der Waals surface area (Å²) in [5, 5.41) is 4.79. The average molecular weight is 411 g/mol. The second-order valence-electron chi connectivity index (χ2n) is 8.23. The van der Waals surface area contributed by atoms with Crippen molar-refractivity contribution in [3.8, 4) is 17.1 Å². The van der Waals surface area contributed by atoms with Gasteiger partial charge in [-0.2, -0.15) is 5.10 Å². The van der Waals surface area contributed by atoms with Crippen LogP contribution in [0.5, 0.6) is 5.88 Å². The van der Waals surface area contributed by atoms with E-state index in [9.17, 15) is 0 Å². The van der Waals surface area contributed by atoms with Gasteiger partial charge in [0.05, 0.1) is 35.8 Å². The fourth-order valence-corrected chi connectivity index (χ4v) is 3.66. The van der Waals surface area contributed by atoms with Crippen molar-refractivity contribution in [2.75, 3.05) is 27.2 Å².